The molecule has 0 atom stereocenters. The maximum absolute atomic E-state index is 13.3. The van der Waals surface area contributed by atoms with Crippen molar-refractivity contribution in [2.45, 2.75) is 0 Å². The lowest BCUT2D eigenvalue weighted by Gasteiger charge is -2.05. The average Bonchev–Trinajstić information content (AvgIpc) is 2.64. The van der Waals surface area contributed by atoms with E-state index in [4.69, 9.17) is 4.74 Å². The lowest BCUT2D eigenvalue weighted by atomic mass is 10.3. The van der Waals surface area contributed by atoms with Gasteiger partial charge in [0.15, 0.2) is 11.6 Å². The molecule has 0 aliphatic rings. The largest absolute Gasteiger partial charge is 0.431 e. The Hall–Kier alpha value is -2.44. The van der Waals surface area contributed by atoms with E-state index in [1.54, 1.807) is 6.07 Å². The molecule has 0 N–H and O–H groups in total. The number of para-hydroxylation sites is 1. The molecule has 0 radical (unpaired) electrons. The van der Waals surface area contributed by atoms with E-state index in [1.807, 2.05) is 0 Å². The minimum Gasteiger partial charge on any atom is -0.431 e. The minimum atomic E-state index is -0.684. The number of halogens is 1. The first-order valence-corrected chi connectivity index (χ1v) is 4.67. The summed E-state index contributed by atoms with van der Waals surface area (Å²) < 4.78 is 19.8. The molecule has 0 fully saturated rings. The Morgan fingerprint density at radius 3 is 2.82 bits per heavy atom. The third kappa shape index (κ3) is 2.07. The van der Waals surface area contributed by atoms with Crippen LogP contribution in [0.5, 0.6) is 11.6 Å². The number of hydrogen-bond acceptors (Lipinski definition) is 4. The molecule has 1 aromatic heterocycles. The number of nitrogens with zero attached hydrogens (tertiary/aromatic N) is 3. The highest BCUT2D eigenvalue weighted by Gasteiger charge is 2.23. The molecule has 0 amide bonds. The fraction of sp³-hybridized carbons (Fsp3) is 0.100. The molecule has 0 saturated carbocycles. The van der Waals surface area contributed by atoms with Crippen molar-refractivity contribution in [3.05, 3.63) is 46.5 Å². The first kappa shape index (κ1) is 11.1. The van der Waals surface area contributed by atoms with Gasteiger partial charge in [-0.3, -0.25) is 4.57 Å². The molecule has 88 valence electrons. The molecule has 0 unspecified atom stereocenters. The highest BCUT2D eigenvalue weighted by atomic mass is 19.1. The van der Waals surface area contributed by atoms with Gasteiger partial charge >= 0.3 is 11.7 Å². The van der Waals surface area contributed by atoms with Gasteiger partial charge in [0, 0.05) is 7.05 Å². The zero-order valence-corrected chi connectivity index (χ0v) is 8.83. The summed E-state index contributed by atoms with van der Waals surface area (Å²) in [6, 6.07) is 5.66. The van der Waals surface area contributed by atoms with E-state index in [2.05, 4.69) is 4.98 Å². The lowest BCUT2D eigenvalue weighted by Crippen LogP contribution is -1.97. The summed E-state index contributed by atoms with van der Waals surface area (Å²) in [6.07, 6.45) is 1.23. The van der Waals surface area contributed by atoms with Gasteiger partial charge in [-0.1, -0.05) is 12.1 Å². The predicted octanol–water partition coefficient (Wildman–Crippen LogP) is 2.26. The van der Waals surface area contributed by atoms with Crippen molar-refractivity contribution >= 4 is 5.82 Å². The number of hydrogen-bond donors (Lipinski definition) is 0. The topological polar surface area (TPSA) is 70.2 Å². The van der Waals surface area contributed by atoms with Crippen molar-refractivity contribution in [1.29, 1.82) is 0 Å². The molecule has 1 heterocycles. The van der Waals surface area contributed by atoms with Crippen LogP contribution in [0.15, 0.2) is 30.6 Å². The van der Waals surface area contributed by atoms with E-state index < -0.39 is 16.6 Å². The Labute approximate surface area is 95.4 Å². The smallest absolute Gasteiger partial charge is 0.427 e. The summed E-state index contributed by atoms with van der Waals surface area (Å²) in [5.74, 6) is -1.24. The molecule has 0 aliphatic heterocycles. The van der Waals surface area contributed by atoms with Crippen LogP contribution in [0.1, 0.15) is 0 Å². The van der Waals surface area contributed by atoms with Gasteiger partial charge < -0.3 is 14.9 Å². The molecule has 7 heteroatoms. The number of rotatable bonds is 3. The van der Waals surface area contributed by atoms with E-state index in [0.717, 1.165) is 0 Å². The van der Waals surface area contributed by atoms with Crippen LogP contribution in [0.2, 0.25) is 0 Å². The zero-order valence-electron chi connectivity index (χ0n) is 8.83. The van der Waals surface area contributed by atoms with E-state index >= 15 is 0 Å². The van der Waals surface area contributed by atoms with Crippen LogP contribution < -0.4 is 4.74 Å². The van der Waals surface area contributed by atoms with Crippen molar-refractivity contribution in [2.24, 2.45) is 7.05 Å². The second-order valence-corrected chi connectivity index (χ2v) is 3.27. The number of benzene rings is 1. The van der Waals surface area contributed by atoms with E-state index in [1.165, 1.54) is 36.1 Å². The van der Waals surface area contributed by atoms with Crippen molar-refractivity contribution in [3.63, 3.8) is 0 Å². The molecule has 1 aromatic carbocycles. The molecule has 0 aliphatic carbocycles. The van der Waals surface area contributed by atoms with Gasteiger partial charge in [-0.25, -0.2) is 4.39 Å². The molecule has 2 rings (SSSR count). The van der Waals surface area contributed by atoms with Crippen LogP contribution in [0, 0.1) is 15.9 Å². The summed E-state index contributed by atoms with van der Waals surface area (Å²) >= 11 is 0. The van der Waals surface area contributed by atoms with Gasteiger partial charge in [0.25, 0.3) is 0 Å². The van der Waals surface area contributed by atoms with E-state index in [0.29, 0.717) is 0 Å². The molecular formula is C10H8FN3O3. The normalized spacial score (nSPS) is 10.2. The van der Waals surface area contributed by atoms with Crippen molar-refractivity contribution < 1.29 is 14.1 Å². The van der Waals surface area contributed by atoms with Gasteiger partial charge in [0.1, 0.15) is 0 Å². The Morgan fingerprint density at radius 1 is 1.47 bits per heavy atom. The molecular weight excluding hydrogens is 229 g/mol. The predicted molar refractivity (Wildman–Crippen MR) is 56.3 cm³/mol. The Balaban J connectivity index is 2.39. The van der Waals surface area contributed by atoms with Crippen molar-refractivity contribution in [2.75, 3.05) is 0 Å². The van der Waals surface area contributed by atoms with Gasteiger partial charge in [0.2, 0.25) is 6.33 Å². The van der Waals surface area contributed by atoms with E-state index in [9.17, 15) is 14.5 Å². The number of ether oxygens (including phenoxy) is 1. The summed E-state index contributed by atoms with van der Waals surface area (Å²) in [6.45, 7) is 0. The molecule has 6 nitrogen and oxygen atoms in total. The van der Waals surface area contributed by atoms with Gasteiger partial charge in [-0.05, 0) is 22.0 Å². The standard InChI is InChI=1S/C10H8FN3O3/c1-13-6-12-9(14(15)16)10(13)17-8-5-3-2-4-7(8)11/h2-6H,1H3. The lowest BCUT2D eigenvalue weighted by molar-refractivity contribution is -0.390. The molecule has 0 saturated heterocycles. The second kappa shape index (κ2) is 4.20. The van der Waals surface area contributed by atoms with Crippen molar-refractivity contribution in [1.82, 2.24) is 9.55 Å². The first-order chi connectivity index (χ1) is 8.09. The maximum Gasteiger partial charge on any atom is 0.427 e. The SMILES string of the molecule is Cn1cnc([N+](=O)[O-])c1Oc1ccccc1F. The monoisotopic (exact) mass is 237 g/mol. The minimum absolute atomic E-state index is 0.0841. The summed E-state index contributed by atoms with van der Waals surface area (Å²) in [5, 5.41) is 10.7. The second-order valence-electron chi connectivity index (χ2n) is 3.27. The van der Waals surface area contributed by atoms with Crippen LogP contribution in [0.25, 0.3) is 0 Å². The molecule has 2 aromatic rings. The highest BCUT2D eigenvalue weighted by Crippen LogP contribution is 2.30. The Kier molecular flexibility index (Phi) is 2.73. The first-order valence-electron chi connectivity index (χ1n) is 4.67. The number of aromatic nitrogens is 2. The van der Waals surface area contributed by atoms with Gasteiger partial charge in [-0.15, -0.1) is 0 Å². The van der Waals surface area contributed by atoms with Crippen LogP contribution >= 0.6 is 0 Å². The number of nitro groups is 1. The molecule has 17 heavy (non-hydrogen) atoms. The van der Waals surface area contributed by atoms with E-state index in [-0.39, 0.29) is 11.6 Å². The maximum atomic E-state index is 13.3. The fourth-order valence-corrected chi connectivity index (χ4v) is 1.28. The van der Waals surface area contributed by atoms with Crippen LogP contribution in [-0.2, 0) is 7.05 Å². The fourth-order valence-electron chi connectivity index (χ4n) is 1.28. The molecule has 0 bridgehead atoms. The Morgan fingerprint density at radius 2 is 2.18 bits per heavy atom. The summed E-state index contributed by atoms with van der Waals surface area (Å²) in [7, 11) is 1.52. The highest BCUT2D eigenvalue weighted by molar-refractivity contribution is 5.38. The third-order valence-corrected chi connectivity index (χ3v) is 2.08. The summed E-state index contributed by atoms with van der Waals surface area (Å²) in [5.41, 5.74) is 0. The van der Waals surface area contributed by atoms with Crippen molar-refractivity contribution in [3.8, 4) is 11.6 Å². The summed E-state index contributed by atoms with van der Waals surface area (Å²) in [4.78, 5) is 13.5. The zero-order chi connectivity index (χ0) is 12.4. The van der Waals surface area contributed by atoms with Gasteiger partial charge in [0.05, 0.1) is 0 Å². The Bertz CT molecular complexity index is 568. The van der Waals surface area contributed by atoms with Crippen LogP contribution in [0.4, 0.5) is 10.2 Å². The third-order valence-electron chi connectivity index (χ3n) is 2.08. The van der Waals surface area contributed by atoms with Crippen LogP contribution in [-0.4, -0.2) is 14.5 Å². The number of aryl methyl sites for hydroxylation is 1. The molecule has 0 spiro atoms. The average molecular weight is 237 g/mol. The number of imidazole rings is 1. The quantitative estimate of drug-likeness (QED) is 0.606. The van der Waals surface area contributed by atoms with Gasteiger partial charge in [-0.2, -0.15) is 0 Å². The van der Waals surface area contributed by atoms with Crippen LogP contribution in [0.3, 0.4) is 0 Å².